The Labute approximate surface area is 147 Å². The van der Waals surface area contributed by atoms with Crippen LogP contribution in [0.15, 0.2) is 36.4 Å². The Kier molecular flexibility index (Phi) is 3.92. The van der Waals surface area contributed by atoms with E-state index in [1.54, 1.807) is 0 Å². The third-order valence-electron chi connectivity index (χ3n) is 4.93. The largest absolute Gasteiger partial charge is 0.323 e. The first-order valence-electron chi connectivity index (χ1n) is 8.71. The minimum absolute atomic E-state index is 0.214. The highest BCUT2D eigenvalue weighted by Gasteiger charge is 2.29. The third kappa shape index (κ3) is 2.97. The van der Waals surface area contributed by atoms with Gasteiger partial charge in [-0.25, -0.2) is 4.79 Å². The zero-order valence-corrected chi connectivity index (χ0v) is 14.3. The molecule has 4 rings (SSSR count). The molecule has 2 aromatic rings. The Balaban J connectivity index is 1.57. The lowest BCUT2D eigenvalue weighted by molar-refractivity contribution is -0.119. The van der Waals surface area contributed by atoms with Crippen molar-refractivity contribution in [2.75, 3.05) is 22.1 Å². The maximum Gasteiger partial charge on any atom is 0.323 e. The van der Waals surface area contributed by atoms with Crippen LogP contribution in [0.1, 0.15) is 29.5 Å². The minimum Gasteiger partial charge on any atom is -0.312 e. The summed E-state index contributed by atoms with van der Waals surface area (Å²) in [6, 6.07) is 11.4. The van der Waals surface area contributed by atoms with Crippen molar-refractivity contribution < 1.29 is 9.59 Å². The fourth-order valence-corrected chi connectivity index (χ4v) is 3.72. The quantitative estimate of drug-likeness (QED) is 0.875. The second-order valence-corrected chi connectivity index (χ2v) is 6.69. The number of nitrogens with zero attached hydrogens (tertiary/aromatic N) is 1. The van der Waals surface area contributed by atoms with Gasteiger partial charge in [0, 0.05) is 24.3 Å². The third-order valence-corrected chi connectivity index (χ3v) is 4.93. The number of para-hydroxylation sites is 1. The van der Waals surface area contributed by atoms with E-state index in [1.165, 1.54) is 0 Å². The van der Waals surface area contributed by atoms with E-state index < -0.39 is 0 Å². The van der Waals surface area contributed by atoms with Gasteiger partial charge < -0.3 is 15.5 Å². The molecule has 5 heteroatoms. The molecule has 2 heterocycles. The number of urea groups is 1. The molecule has 0 atom stereocenters. The molecule has 25 heavy (non-hydrogen) atoms. The molecule has 0 saturated heterocycles. The first kappa shape index (κ1) is 15.7. The van der Waals surface area contributed by atoms with Crippen molar-refractivity contribution in [1.29, 1.82) is 0 Å². The number of hydrogen-bond acceptors (Lipinski definition) is 2. The average molecular weight is 335 g/mol. The van der Waals surface area contributed by atoms with Crippen LogP contribution in [0.4, 0.5) is 21.9 Å². The molecule has 0 fully saturated rings. The maximum atomic E-state index is 12.3. The van der Waals surface area contributed by atoms with Gasteiger partial charge in [-0.2, -0.15) is 0 Å². The van der Waals surface area contributed by atoms with Gasteiger partial charge in [0.25, 0.3) is 0 Å². The van der Waals surface area contributed by atoms with Gasteiger partial charge in [0.05, 0.1) is 5.69 Å². The maximum absolute atomic E-state index is 12.3. The normalized spacial score (nSPS) is 15.6. The summed E-state index contributed by atoms with van der Waals surface area (Å²) in [6.07, 6.45) is 3.20. The van der Waals surface area contributed by atoms with Crippen molar-refractivity contribution in [1.82, 2.24) is 0 Å². The van der Waals surface area contributed by atoms with Crippen molar-refractivity contribution in [3.63, 3.8) is 0 Å². The lowest BCUT2D eigenvalue weighted by Gasteiger charge is -2.35. The summed E-state index contributed by atoms with van der Waals surface area (Å²) in [5.41, 5.74) is 6.00. The van der Waals surface area contributed by atoms with E-state index in [9.17, 15) is 9.59 Å². The zero-order chi connectivity index (χ0) is 17.4. The molecular weight excluding hydrogens is 314 g/mol. The molecule has 5 nitrogen and oxygen atoms in total. The summed E-state index contributed by atoms with van der Waals surface area (Å²) >= 11 is 0. The van der Waals surface area contributed by atoms with Crippen LogP contribution in [0.2, 0.25) is 0 Å². The van der Waals surface area contributed by atoms with Crippen molar-refractivity contribution in [2.24, 2.45) is 0 Å². The molecule has 0 unspecified atom stereocenters. The average Bonchev–Trinajstić information content (AvgIpc) is 2.60. The van der Waals surface area contributed by atoms with Crippen LogP contribution in [0.25, 0.3) is 0 Å². The lowest BCUT2D eigenvalue weighted by Crippen LogP contribution is -2.39. The van der Waals surface area contributed by atoms with E-state index in [-0.39, 0.29) is 11.9 Å². The molecule has 2 aliphatic heterocycles. The van der Waals surface area contributed by atoms with Crippen molar-refractivity contribution in [3.8, 4) is 0 Å². The van der Waals surface area contributed by atoms with Crippen molar-refractivity contribution in [3.05, 3.63) is 53.1 Å². The second kappa shape index (κ2) is 6.24. The number of nitrogens with one attached hydrogen (secondary N) is 2. The zero-order valence-electron chi connectivity index (χ0n) is 14.3. The highest BCUT2D eigenvalue weighted by atomic mass is 16.2. The van der Waals surface area contributed by atoms with Crippen LogP contribution in [-0.2, 0) is 17.6 Å². The summed E-state index contributed by atoms with van der Waals surface area (Å²) in [6.45, 7) is 2.77. The Bertz CT molecular complexity index is 843. The summed E-state index contributed by atoms with van der Waals surface area (Å²) in [7, 11) is 0. The lowest BCUT2D eigenvalue weighted by atomic mass is 9.91. The Morgan fingerprint density at radius 3 is 2.60 bits per heavy atom. The molecule has 128 valence electrons. The first-order chi connectivity index (χ1) is 12.1. The molecule has 2 N–H and O–H groups in total. The van der Waals surface area contributed by atoms with E-state index in [1.807, 2.05) is 48.2 Å². The van der Waals surface area contributed by atoms with Gasteiger partial charge in [-0.15, -0.1) is 0 Å². The molecule has 2 aliphatic rings. The van der Waals surface area contributed by atoms with E-state index in [0.29, 0.717) is 6.42 Å². The highest BCUT2D eigenvalue weighted by Crippen LogP contribution is 2.37. The van der Waals surface area contributed by atoms with E-state index in [2.05, 4.69) is 10.6 Å². The summed E-state index contributed by atoms with van der Waals surface area (Å²) in [5.74, 6) is 0.214. The number of amides is 3. The van der Waals surface area contributed by atoms with Crippen LogP contribution < -0.4 is 15.5 Å². The van der Waals surface area contributed by atoms with Crippen LogP contribution in [0.5, 0.6) is 0 Å². The van der Waals surface area contributed by atoms with Crippen LogP contribution in [0.3, 0.4) is 0 Å². The molecule has 0 spiro atoms. The fraction of sp³-hybridized carbons (Fsp3) is 0.300. The van der Waals surface area contributed by atoms with E-state index in [4.69, 9.17) is 0 Å². The van der Waals surface area contributed by atoms with Gasteiger partial charge in [0.2, 0.25) is 5.91 Å². The summed E-state index contributed by atoms with van der Waals surface area (Å²) < 4.78 is 0. The van der Waals surface area contributed by atoms with Crippen molar-refractivity contribution in [2.45, 2.75) is 32.6 Å². The van der Waals surface area contributed by atoms with Crippen LogP contribution >= 0.6 is 0 Å². The van der Waals surface area contributed by atoms with Crippen molar-refractivity contribution >= 4 is 29.0 Å². The van der Waals surface area contributed by atoms with Gasteiger partial charge in [-0.3, -0.25) is 4.79 Å². The van der Waals surface area contributed by atoms with E-state index >= 15 is 0 Å². The number of aryl methyl sites for hydroxylation is 3. The standard InChI is InChI=1S/C20H21N3O2/c1-13-5-2-3-7-17(13)22-20(25)21-16-11-14-6-4-10-23-18(24)9-8-15(12-16)19(14)23/h2-3,5,7,11-12H,4,6,8-10H2,1H3,(H2,21,22,25). The number of benzene rings is 2. The fourth-order valence-electron chi connectivity index (χ4n) is 3.72. The molecule has 0 aromatic heterocycles. The first-order valence-corrected chi connectivity index (χ1v) is 8.71. The van der Waals surface area contributed by atoms with Gasteiger partial charge in [0.15, 0.2) is 0 Å². The monoisotopic (exact) mass is 335 g/mol. The summed E-state index contributed by atoms with van der Waals surface area (Å²) in [5, 5.41) is 5.83. The smallest absolute Gasteiger partial charge is 0.312 e. The second-order valence-electron chi connectivity index (χ2n) is 6.69. The number of rotatable bonds is 2. The number of carbonyl (C=O) groups excluding carboxylic acids is 2. The Hall–Kier alpha value is -2.82. The molecule has 0 bridgehead atoms. The van der Waals surface area contributed by atoms with Gasteiger partial charge in [-0.05, 0) is 61.1 Å². The molecule has 3 amide bonds. The predicted molar refractivity (Wildman–Crippen MR) is 99.3 cm³/mol. The highest BCUT2D eigenvalue weighted by molar-refractivity contribution is 6.02. The number of carbonyl (C=O) groups is 2. The Morgan fingerprint density at radius 1 is 1.04 bits per heavy atom. The van der Waals surface area contributed by atoms with Gasteiger partial charge in [0.1, 0.15) is 0 Å². The molecule has 2 aromatic carbocycles. The molecular formula is C20H21N3O2. The minimum atomic E-state index is -0.249. The molecule has 0 saturated carbocycles. The molecule has 0 radical (unpaired) electrons. The Morgan fingerprint density at radius 2 is 1.80 bits per heavy atom. The number of anilines is 3. The molecule has 0 aliphatic carbocycles. The topological polar surface area (TPSA) is 61.4 Å². The van der Waals surface area contributed by atoms with Gasteiger partial charge in [-0.1, -0.05) is 18.2 Å². The summed E-state index contributed by atoms with van der Waals surface area (Å²) in [4.78, 5) is 26.4. The van der Waals surface area contributed by atoms with E-state index in [0.717, 1.165) is 59.6 Å². The number of hydrogen-bond donors (Lipinski definition) is 2. The van der Waals surface area contributed by atoms with Gasteiger partial charge >= 0.3 is 6.03 Å². The predicted octanol–water partition coefficient (Wildman–Crippen LogP) is 3.86. The SMILES string of the molecule is Cc1ccccc1NC(=O)Nc1cc2c3c(c1)CCC(=O)N3CCC2. The van der Waals surface area contributed by atoms with Crippen LogP contribution in [0, 0.1) is 6.92 Å². The van der Waals surface area contributed by atoms with Crippen LogP contribution in [-0.4, -0.2) is 18.5 Å².